The lowest BCUT2D eigenvalue weighted by atomic mass is 9.97. The van der Waals surface area contributed by atoms with Crippen LogP contribution >= 0.6 is 0 Å². The van der Waals surface area contributed by atoms with Crippen LogP contribution in [-0.4, -0.2) is 49.6 Å². The van der Waals surface area contributed by atoms with E-state index in [1.54, 1.807) is 0 Å². The summed E-state index contributed by atoms with van der Waals surface area (Å²) < 4.78 is 0. The molecule has 3 heteroatoms. The zero-order valence-corrected chi connectivity index (χ0v) is 13.5. The van der Waals surface area contributed by atoms with Gasteiger partial charge in [-0.05, 0) is 56.8 Å². The smallest absolute Gasteiger partial charge is 0.0470 e. The quantitative estimate of drug-likeness (QED) is 0.903. The fourth-order valence-corrected chi connectivity index (χ4v) is 3.62. The molecule has 3 rings (SSSR count). The molecule has 1 saturated heterocycles. The molecule has 2 fully saturated rings. The van der Waals surface area contributed by atoms with E-state index in [2.05, 4.69) is 48.2 Å². The molecule has 1 aliphatic carbocycles. The maximum absolute atomic E-state index is 6.09. The van der Waals surface area contributed by atoms with Crippen molar-refractivity contribution in [3.63, 3.8) is 0 Å². The van der Waals surface area contributed by atoms with Gasteiger partial charge in [0.25, 0.3) is 0 Å². The predicted molar refractivity (Wildman–Crippen MR) is 88.5 cm³/mol. The number of hydrogen-bond acceptors (Lipinski definition) is 3. The van der Waals surface area contributed by atoms with E-state index < -0.39 is 0 Å². The summed E-state index contributed by atoms with van der Waals surface area (Å²) in [5, 5.41) is 0. The average Bonchev–Trinajstić information content (AvgIpc) is 3.34. The highest BCUT2D eigenvalue weighted by Crippen LogP contribution is 2.40. The first-order valence-corrected chi connectivity index (χ1v) is 8.39. The lowest BCUT2D eigenvalue weighted by Crippen LogP contribution is -2.45. The second kappa shape index (κ2) is 6.47. The minimum absolute atomic E-state index is 0.390. The maximum Gasteiger partial charge on any atom is 0.0470 e. The van der Waals surface area contributed by atoms with E-state index in [1.165, 1.54) is 36.8 Å². The Balaban J connectivity index is 1.64. The summed E-state index contributed by atoms with van der Waals surface area (Å²) in [6, 6.07) is 10.4. The monoisotopic (exact) mass is 287 g/mol. The molecule has 2 N–H and O–H groups in total. The molecule has 0 radical (unpaired) electrons. The Bertz CT molecular complexity index is 442. The van der Waals surface area contributed by atoms with Crippen LogP contribution in [0.2, 0.25) is 0 Å². The molecule has 0 spiro atoms. The van der Waals surface area contributed by atoms with Gasteiger partial charge < -0.3 is 10.6 Å². The fourth-order valence-electron chi connectivity index (χ4n) is 3.62. The van der Waals surface area contributed by atoms with Gasteiger partial charge in [-0.3, -0.25) is 4.90 Å². The molecule has 0 aromatic heterocycles. The second-order valence-electron chi connectivity index (χ2n) is 6.92. The Hall–Kier alpha value is -0.900. The van der Waals surface area contributed by atoms with Gasteiger partial charge >= 0.3 is 0 Å². The molecule has 1 atom stereocenters. The summed E-state index contributed by atoms with van der Waals surface area (Å²) in [5.41, 5.74) is 9.00. The first-order valence-electron chi connectivity index (χ1n) is 8.39. The van der Waals surface area contributed by atoms with Gasteiger partial charge in [0.05, 0.1) is 0 Å². The van der Waals surface area contributed by atoms with Crippen molar-refractivity contribution in [2.45, 2.75) is 43.7 Å². The summed E-state index contributed by atoms with van der Waals surface area (Å²) in [5.74, 6) is 0.839. The van der Waals surface area contributed by atoms with Crippen LogP contribution in [0.1, 0.15) is 48.8 Å². The highest BCUT2D eigenvalue weighted by molar-refractivity contribution is 5.30. The molecule has 1 aromatic rings. The summed E-state index contributed by atoms with van der Waals surface area (Å²) >= 11 is 0. The van der Waals surface area contributed by atoms with Crippen molar-refractivity contribution in [2.24, 2.45) is 5.73 Å². The molecular weight excluding hydrogens is 258 g/mol. The Morgan fingerprint density at radius 3 is 2.19 bits per heavy atom. The minimum atomic E-state index is 0.390. The third-order valence-corrected chi connectivity index (χ3v) is 5.26. The summed E-state index contributed by atoms with van der Waals surface area (Å²) in [4.78, 5) is 4.94. The summed E-state index contributed by atoms with van der Waals surface area (Å²) in [6.07, 6.45) is 5.25. The normalized spacial score (nSPS) is 22.7. The molecule has 3 nitrogen and oxygen atoms in total. The van der Waals surface area contributed by atoms with Gasteiger partial charge in [0.1, 0.15) is 0 Å². The van der Waals surface area contributed by atoms with E-state index in [0.29, 0.717) is 6.04 Å². The van der Waals surface area contributed by atoms with Gasteiger partial charge in [0.2, 0.25) is 0 Å². The van der Waals surface area contributed by atoms with Crippen LogP contribution in [0.5, 0.6) is 0 Å². The SMILES string of the molecule is CN(C)C1CCN(C(CN)c2ccc(C3CC3)cc2)CC1. The van der Waals surface area contributed by atoms with Crippen molar-refractivity contribution in [1.82, 2.24) is 9.80 Å². The number of rotatable bonds is 5. The first-order chi connectivity index (χ1) is 10.2. The molecule has 1 saturated carbocycles. The fraction of sp³-hybridized carbons (Fsp3) is 0.667. The van der Waals surface area contributed by atoms with Gasteiger partial charge in [-0.1, -0.05) is 24.3 Å². The van der Waals surface area contributed by atoms with Crippen molar-refractivity contribution in [3.05, 3.63) is 35.4 Å². The summed E-state index contributed by atoms with van der Waals surface area (Å²) in [7, 11) is 4.38. The molecule has 1 aromatic carbocycles. The van der Waals surface area contributed by atoms with Crippen LogP contribution in [0, 0.1) is 0 Å². The minimum Gasteiger partial charge on any atom is -0.329 e. The molecule has 116 valence electrons. The topological polar surface area (TPSA) is 32.5 Å². The Morgan fingerprint density at radius 2 is 1.71 bits per heavy atom. The van der Waals surface area contributed by atoms with E-state index in [4.69, 9.17) is 5.73 Å². The molecule has 2 aliphatic rings. The van der Waals surface area contributed by atoms with Crippen LogP contribution < -0.4 is 5.73 Å². The Kier molecular flexibility index (Phi) is 4.63. The van der Waals surface area contributed by atoms with E-state index in [9.17, 15) is 0 Å². The number of likely N-dealkylation sites (tertiary alicyclic amines) is 1. The molecule has 21 heavy (non-hydrogen) atoms. The lowest BCUT2D eigenvalue weighted by molar-refractivity contribution is 0.111. The van der Waals surface area contributed by atoms with Gasteiger partial charge in [-0.25, -0.2) is 0 Å². The lowest BCUT2D eigenvalue weighted by Gasteiger charge is -2.39. The van der Waals surface area contributed by atoms with E-state index in [-0.39, 0.29) is 0 Å². The van der Waals surface area contributed by atoms with Gasteiger partial charge in [0.15, 0.2) is 0 Å². The van der Waals surface area contributed by atoms with Gasteiger partial charge in [-0.15, -0.1) is 0 Å². The van der Waals surface area contributed by atoms with E-state index in [0.717, 1.165) is 31.6 Å². The van der Waals surface area contributed by atoms with Crippen molar-refractivity contribution in [1.29, 1.82) is 0 Å². The third-order valence-electron chi connectivity index (χ3n) is 5.26. The number of piperidine rings is 1. The van der Waals surface area contributed by atoms with Gasteiger partial charge in [-0.2, -0.15) is 0 Å². The van der Waals surface area contributed by atoms with Crippen LogP contribution in [0.4, 0.5) is 0 Å². The Morgan fingerprint density at radius 1 is 1.10 bits per heavy atom. The molecule has 0 bridgehead atoms. The van der Waals surface area contributed by atoms with Crippen molar-refractivity contribution in [2.75, 3.05) is 33.7 Å². The average molecular weight is 287 g/mol. The molecular formula is C18H29N3. The predicted octanol–water partition coefficient (Wildman–Crippen LogP) is 2.59. The van der Waals surface area contributed by atoms with E-state index >= 15 is 0 Å². The van der Waals surface area contributed by atoms with E-state index in [1.807, 2.05) is 0 Å². The zero-order chi connectivity index (χ0) is 14.8. The second-order valence-corrected chi connectivity index (χ2v) is 6.92. The van der Waals surface area contributed by atoms with Crippen molar-refractivity contribution >= 4 is 0 Å². The van der Waals surface area contributed by atoms with Crippen LogP contribution in [-0.2, 0) is 0 Å². The van der Waals surface area contributed by atoms with Crippen molar-refractivity contribution in [3.8, 4) is 0 Å². The number of nitrogens with two attached hydrogens (primary N) is 1. The van der Waals surface area contributed by atoms with Gasteiger partial charge in [0, 0.05) is 31.7 Å². The van der Waals surface area contributed by atoms with Crippen LogP contribution in [0.15, 0.2) is 24.3 Å². The number of nitrogens with zero attached hydrogens (tertiary/aromatic N) is 2. The van der Waals surface area contributed by atoms with Crippen LogP contribution in [0.3, 0.4) is 0 Å². The number of hydrogen-bond donors (Lipinski definition) is 1. The molecule has 1 aliphatic heterocycles. The zero-order valence-electron chi connectivity index (χ0n) is 13.5. The van der Waals surface area contributed by atoms with Crippen molar-refractivity contribution < 1.29 is 0 Å². The third kappa shape index (κ3) is 3.47. The highest BCUT2D eigenvalue weighted by atomic mass is 15.2. The summed E-state index contributed by atoms with van der Waals surface area (Å²) in [6.45, 7) is 3.04. The first kappa shape index (κ1) is 15.0. The largest absolute Gasteiger partial charge is 0.329 e. The molecule has 1 unspecified atom stereocenters. The highest BCUT2D eigenvalue weighted by Gasteiger charge is 2.27. The standard InChI is InChI=1S/C18H29N3/c1-20(2)17-9-11-21(12-10-17)18(13-19)16-7-5-15(6-8-16)14-3-4-14/h5-8,14,17-18H,3-4,9-13,19H2,1-2H3. The molecule has 1 heterocycles. The van der Waals surface area contributed by atoms with Crippen LogP contribution in [0.25, 0.3) is 0 Å². The maximum atomic E-state index is 6.09. The number of benzene rings is 1. The Labute approximate surface area is 129 Å². The molecule has 0 amide bonds.